The van der Waals surface area contributed by atoms with Gasteiger partial charge in [0.15, 0.2) is 5.78 Å². The van der Waals surface area contributed by atoms with Crippen molar-refractivity contribution >= 4 is 11.8 Å². The maximum Gasteiger partial charge on any atom is 0.339 e. The summed E-state index contributed by atoms with van der Waals surface area (Å²) >= 11 is 0. The van der Waals surface area contributed by atoms with E-state index in [9.17, 15) is 9.59 Å². The second-order valence-corrected chi connectivity index (χ2v) is 4.84. The summed E-state index contributed by atoms with van der Waals surface area (Å²) in [7, 11) is 1.55. The molecular weight excluding hydrogens is 268 g/mol. The van der Waals surface area contributed by atoms with Gasteiger partial charge in [0, 0.05) is 11.1 Å². The molecule has 0 radical (unpaired) electrons. The lowest BCUT2D eigenvalue weighted by Crippen LogP contribution is -2.07. The molecule has 0 aliphatic carbocycles. The van der Waals surface area contributed by atoms with Crippen LogP contribution in [0.4, 0.5) is 0 Å². The van der Waals surface area contributed by atoms with Crippen molar-refractivity contribution in [3.63, 3.8) is 0 Å². The Balaban J connectivity index is 1.81. The summed E-state index contributed by atoms with van der Waals surface area (Å²) < 4.78 is 10.4. The molecule has 0 saturated carbocycles. The summed E-state index contributed by atoms with van der Waals surface area (Å²) in [5, 5.41) is 0. The van der Waals surface area contributed by atoms with E-state index in [4.69, 9.17) is 9.47 Å². The van der Waals surface area contributed by atoms with Crippen LogP contribution in [-0.2, 0) is 4.74 Å². The molecule has 0 N–H and O–H groups in total. The number of benzene rings is 2. The van der Waals surface area contributed by atoms with E-state index in [-0.39, 0.29) is 18.2 Å². The van der Waals surface area contributed by atoms with Gasteiger partial charge >= 0.3 is 5.97 Å². The largest absolute Gasteiger partial charge is 0.497 e. The van der Waals surface area contributed by atoms with E-state index >= 15 is 0 Å². The van der Waals surface area contributed by atoms with Crippen molar-refractivity contribution in [1.29, 1.82) is 0 Å². The van der Waals surface area contributed by atoms with Crippen molar-refractivity contribution < 1.29 is 19.1 Å². The van der Waals surface area contributed by atoms with Gasteiger partial charge in [-0.1, -0.05) is 30.3 Å². The van der Waals surface area contributed by atoms with Gasteiger partial charge in [0.1, 0.15) is 11.9 Å². The van der Waals surface area contributed by atoms with E-state index in [1.807, 2.05) is 12.1 Å². The minimum atomic E-state index is -0.507. The zero-order valence-electron chi connectivity index (χ0n) is 11.5. The normalized spacial score (nSPS) is 16.2. The Morgan fingerprint density at radius 1 is 1.19 bits per heavy atom. The molecule has 106 valence electrons. The number of ketones is 1. The Morgan fingerprint density at radius 2 is 2.00 bits per heavy atom. The summed E-state index contributed by atoms with van der Waals surface area (Å²) in [6.45, 7) is 0. The Labute approximate surface area is 122 Å². The lowest BCUT2D eigenvalue weighted by molar-refractivity contribution is 0.0367. The third-order valence-electron chi connectivity index (χ3n) is 3.54. The molecule has 3 rings (SSSR count). The Hall–Kier alpha value is -2.62. The van der Waals surface area contributed by atoms with Crippen molar-refractivity contribution in [3.8, 4) is 5.75 Å². The summed E-state index contributed by atoms with van der Waals surface area (Å²) in [5.41, 5.74) is 1.87. The first-order chi connectivity index (χ1) is 10.2. The molecule has 2 aromatic rings. The number of methoxy groups -OCH3 is 1. The van der Waals surface area contributed by atoms with E-state index in [0.29, 0.717) is 16.9 Å². The van der Waals surface area contributed by atoms with Crippen molar-refractivity contribution in [2.45, 2.75) is 12.5 Å². The molecular formula is C17H14O4. The molecule has 1 aliphatic heterocycles. The molecule has 0 aromatic heterocycles. The zero-order valence-corrected chi connectivity index (χ0v) is 11.5. The third-order valence-corrected chi connectivity index (χ3v) is 3.54. The average molecular weight is 282 g/mol. The van der Waals surface area contributed by atoms with E-state index in [1.165, 1.54) is 0 Å². The van der Waals surface area contributed by atoms with Crippen LogP contribution in [0.2, 0.25) is 0 Å². The van der Waals surface area contributed by atoms with Crippen molar-refractivity contribution in [1.82, 2.24) is 0 Å². The standard InChI is InChI=1S/C17H14O4/c1-20-12-6-4-5-11(9-12)15(18)10-16-13-7-2-3-8-14(13)17(19)21-16/h2-9,16H,10H2,1H3/t16-/m1/s1. The highest BCUT2D eigenvalue weighted by Crippen LogP contribution is 2.33. The molecule has 0 amide bonds. The number of hydrogen-bond acceptors (Lipinski definition) is 4. The molecule has 1 atom stereocenters. The van der Waals surface area contributed by atoms with Gasteiger partial charge in [0.25, 0.3) is 0 Å². The number of hydrogen-bond donors (Lipinski definition) is 0. The summed E-state index contributed by atoms with van der Waals surface area (Å²) in [6, 6.07) is 14.1. The first-order valence-corrected chi connectivity index (χ1v) is 6.66. The highest BCUT2D eigenvalue weighted by molar-refractivity contribution is 5.99. The number of cyclic esters (lactones) is 1. The van der Waals surface area contributed by atoms with Crippen LogP contribution in [-0.4, -0.2) is 18.9 Å². The molecule has 1 aliphatic rings. The van der Waals surface area contributed by atoms with Gasteiger partial charge in [-0.05, 0) is 18.2 Å². The Bertz CT molecular complexity index is 705. The van der Waals surface area contributed by atoms with Crippen molar-refractivity contribution in [2.75, 3.05) is 7.11 Å². The molecule has 0 spiro atoms. The van der Waals surface area contributed by atoms with Crippen LogP contribution in [0.25, 0.3) is 0 Å². The average Bonchev–Trinajstić information content (AvgIpc) is 2.84. The SMILES string of the molecule is COc1cccc(C(=O)C[C@H]2OC(=O)c3ccccc32)c1. The molecule has 4 nitrogen and oxygen atoms in total. The van der Waals surface area contributed by atoms with Gasteiger partial charge < -0.3 is 9.47 Å². The molecule has 0 unspecified atom stereocenters. The van der Waals surface area contributed by atoms with Gasteiger partial charge in [0.05, 0.1) is 19.1 Å². The number of rotatable bonds is 4. The fraction of sp³-hybridized carbons (Fsp3) is 0.176. The number of carbonyl (C=O) groups is 2. The van der Waals surface area contributed by atoms with Gasteiger partial charge in [0.2, 0.25) is 0 Å². The highest BCUT2D eigenvalue weighted by atomic mass is 16.5. The van der Waals surface area contributed by atoms with Crippen LogP contribution < -0.4 is 4.74 Å². The molecule has 0 fully saturated rings. The van der Waals surface area contributed by atoms with Crippen LogP contribution in [0.5, 0.6) is 5.75 Å². The smallest absolute Gasteiger partial charge is 0.339 e. The minimum absolute atomic E-state index is 0.0802. The van der Waals surface area contributed by atoms with Gasteiger partial charge in [-0.15, -0.1) is 0 Å². The summed E-state index contributed by atoms with van der Waals surface area (Å²) in [4.78, 5) is 24.1. The topological polar surface area (TPSA) is 52.6 Å². The predicted molar refractivity (Wildman–Crippen MR) is 76.5 cm³/mol. The van der Waals surface area contributed by atoms with E-state index in [2.05, 4.69) is 0 Å². The summed E-state index contributed by atoms with van der Waals surface area (Å²) in [5.74, 6) is 0.183. The maximum absolute atomic E-state index is 12.3. The maximum atomic E-state index is 12.3. The number of esters is 1. The van der Waals surface area contributed by atoms with Crippen molar-refractivity contribution in [3.05, 3.63) is 65.2 Å². The lowest BCUT2D eigenvalue weighted by atomic mass is 9.98. The van der Waals surface area contributed by atoms with Crippen LogP contribution in [0.3, 0.4) is 0 Å². The van der Waals surface area contributed by atoms with Crippen LogP contribution in [0, 0.1) is 0 Å². The quantitative estimate of drug-likeness (QED) is 0.638. The monoisotopic (exact) mass is 282 g/mol. The fourth-order valence-electron chi connectivity index (χ4n) is 2.45. The first-order valence-electron chi connectivity index (χ1n) is 6.66. The number of Topliss-reactive ketones (excluding diaryl/α,β-unsaturated/α-hetero) is 1. The van der Waals surface area contributed by atoms with Gasteiger partial charge in [-0.25, -0.2) is 4.79 Å². The zero-order chi connectivity index (χ0) is 14.8. The molecule has 2 aromatic carbocycles. The molecule has 21 heavy (non-hydrogen) atoms. The van der Waals surface area contributed by atoms with Crippen LogP contribution >= 0.6 is 0 Å². The van der Waals surface area contributed by atoms with E-state index in [1.54, 1.807) is 43.5 Å². The van der Waals surface area contributed by atoms with E-state index in [0.717, 1.165) is 5.56 Å². The van der Waals surface area contributed by atoms with Crippen molar-refractivity contribution in [2.24, 2.45) is 0 Å². The van der Waals surface area contributed by atoms with Crippen LogP contribution in [0.15, 0.2) is 48.5 Å². The number of ether oxygens (including phenoxy) is 2. The first kappa shape index (κ1) is 13.4. The Morgan fingerprint density at radius 3 is 2.81 bits per heavy atom. The highest BCUT2D eigenvalue weighted by Gasteiger charge is 2.32. The predicted octanol–water partition coefficient (Wildman–Crippen LogP) is 3.18. The summed E-state index contributed by atoms with van der Waals surface area (Å²) in [6.07, 6.45) is -0.372. The molecule has 1 heterocycles. The second kappa shape index (κ2) is 5.40. The minimum Gasteiger partial charge on any atom is -0.497 e. The van der Waals surface area contributed by atoms with Gasteiger partial charge in [-0.3, -0.25) is 4.79 Å². The fourth-order valence-corrected chi connectivity index (χ4v) is 2.45. The second-order valence-electron chi connectivity index (χ2n) is 4.84. The molecule has 4 heteroatoms. The molecule has 0 saturated heterocycles. The van der Waals surface area contributed by atoms with Crippen LogP contribution in [0.1, 0.15) is 38.8 Å². The number of carbonyl (C=O) groups excluding carboxylic acids is 2. The lowest BCUT2D eigenvalue weighted by Gasteiger charge is -2.10. The van der Waals surface area contributed by atoms with E-state index < -0.39 is 6.10 Å². The number of fused-ring (bicyclic) bond motifs is 1. The Kier molecular flexibility index (Phi) is 3.44. The third kappa shape index (κ3) is 2.52. The molecule has 0 bridgehead atoms. The van der Waals surface area contributed by atoms with Gasteiger partial charge in [-0.2, -0.15) is 0 Å².